The molecule has 0 bridgehead atoms. The van der Waals surface area contributed by atoms with Crippen LogP contribution in [0.2, 0.25) is 0 Å². The first kappa shape index (κ1) is 15.0. The first-order valence-electron chi connectivity index (χ1n) is 5.54. The van der Waals surface area contributed by atoms with Gasteiger partial charge in [-0.25, -0.2) is 4.79 Å². The third kappa shape index (κ3) is 3.46. The number of halogens is 1. The van der Waals surface area contributed by atoms with Gasteiger partial charge in [0.15, 0.2) is 0 Å². The summed E-state index contributed by atoms with van der Waals surface area (Å²) in [4.78, 5) is 23.6. The molecule has 0 spiro atoms. The minimum absolute atomic E-state index is 0.207. The molecule has 0 aliphatic rings. The maximum atomic E-state index is 12.0. The molecule has 1 amide bonds. The summed E-state index contributed by atoms with van der Waals surface area (Å²) in [5, 5.41) is 4.94. The standard InChI is InChI=1S/C12H16ClNO3S/c1-4-17-10(15)8-5-6-18-9(8)14-11(16)12(2,3)7-13/h5-6H,4,7H2,1-3H3,(H,14,16). The number of alkyl halides is 1. The molecule has 1 rings (SSSR count). The zero-order valence-electron chi connectivity index (χ0n) is 10.6. The van der Waals surface area contributed by atoms with Gasteiger partial charge in [0.2, 0.25) is 5.91 Å². The average Bonchev–Trinajstić information content (AvgIpc) is 2.77. The van der Waals surface area contributed by atoms with Crippen molar-refractivity contribution in [2.24, 2.45) is 5.41 Å². The molecular formula is C12H16ClNO3S. The summed E-state index contributed by atoms with van der Waals surface area (Å²) >= 11 is 7.01. The van der Waals surface area contributed by atoms with Gasteiger partial charge in [0, 0.05) is 5.88 Å². The molecule has 0 fully saturated rings. The van der Waals surface area contributed by atoms with Gasteiger partial charge in [-0.3, -0.25) is 4.79 Å². The monoisotopic (exact) mass is 289 g/mol. The van der Waals surface area contributed by atoms with Crippen LogP contribution < -0.4 is 5.32 Å². The SMILES string of the molecule is CCOC(=O)c1ccsc1NC(=O)C(C)(C)CCl. The quantitative estimate of drug-likeness (QED) is 0.669. The Hall–Kier alpha value is -1.07. The van der Waals surface area contributed by atoms with Crippen molar-refractivity contribution in [2.45, 2.75) is 20.8 Å². The van der Waals surface area contributed by atoms with E-state index in [1.54, 1.807) is 32.2 Å². The zero-order chi connectivity index (χ0) is 13.8. The Labute approximate surface area is 115 Å². The fraction of sp³-hybridized carbons (Fsp3) is 0.500. The van der Waals surface area contributed by atoms with Gasteiger partial charge in [0.1, 0.15) is 5.00 Å². The van der Waals surface area contributed by atoms with E-state index in [0.717, 1.165) is 0 Å². The summed E-state index contributed by atoms with van der Waals surface area (Å²) in [7, 11) is 0. The number of hydrogen-bond acceptors (Lipinski definition) is 4. The fourth-order valence-corrected chi connectivity index (χ4v) is 2.00. The molecule has 0 unspecified atom stereocenters. The van der Waals surface area contributed by atoms with Gasteiger partial charge in [0.25, 0.3) is 0 Å². The van der Waals surface area contributed by atoms with Crippen molar-refractivity contribution in [3.63, 3.8) is 0 Å². The number of thiophene rings is 1. The lowest BCUT2D eigenvalue weighted by molar-refractivity contribution is -0.122. The van der Waals surface area contributed by atoms with Gasteiger partial charge in [-0.1, -0.05) is 0 Å². The molecule has 1 aromatic heterocycles. The first-order valence-corrected chi connectivity index (χ1v) is 6.95. The van der Waals surface area contributed by atoms with Crippen LogP contribution in [0.5, 0.6) is 0 Å². The lowest BCUT2D eigenvalue weighted by Gasteiger charge is -2.20. The Kier molecular flexibility index (Phi) is 5.16. The van der Waals surface area contributed by atoms with Crippen molar-refractivity contribution in [3.05, 3.63) is 17.0 Å². The topological polar surface area (TPSA) is 55.4 Å². The number of carbonyl (C=O) groups excluding carboxylic acids is 2. The van der Waals surface area contributed by atoms with Crippen molar-refractivity contribution in [3.8, 4) is 0 Å². The highest BCUT2D eigenvalue weighted by Gasteiger charge is 2.28. The van der Waals surface area contributed by atoms with E-state index in [9.17, 15) is 9.59 Å². The summed E-state index contributed by atoms with van der Waals surface area (Å²) in [6.07, 6.45) is 0. The molecule has 0 aromatic carbocycles. The van der Waals surface area contributed by atoms with Crippen LogP contribution in [0.3, 0.4) is 0 Å². The first-order chi connectivity index (χ1) is 8.42. The summed E-state index contributed by atoms with van der Waals surface area (Å²) in [5.41, 5.74) is -0.308. The second kappa shape index (κ2) is 6.20. The number of carbonyl (C=O) groups is 2. The molecule has 1 heterocycles. The van der Waals surface area contributed by atoms with Crippen LogP contribution in [-0.4, -0.2) is 24.4 Å². The number of rotatable bonds is 5. The number of nitrogens with one attached hydrogen (secondary N) is 1. The lowest BCUT2D eigenvalue weighted by Crippen LogP contribution is -2.32. The van der Waals surface area contributed by atoms with Crippen molar-refractivity contribution >= 4 is 39.8 Å². The fourth-order valence-electron chi connectivity index (χ4n) is 1.11. The Morgan fingerprint density at radius 3 is 2.72 bits per heavy atom. The normalized spacial score (nSPS) is 11.1. The Morgan fingerprint density at radius 1 is 1.50 bits per heavy atom. The number of amides is 1. The summed E-state index contributed by atoms with van der Waals surface area (Å²) in [6.45, 7) is 5.52. The van der Waals surface area contributed by atoms with Crippen LogP contribution in [0.15, 0.2) is 11.4 Å². The van der Waals surface area contributed by atoms with E-state index in [1.165, 1.54) is 11.3 Å². The van der Waals surface area contributed by atoms with Crippen LogP contribution in [-0.2, 0) is 9.53 Å². The molecule has 1 aromatic rings. The van der Waals surface area contributed by atoms with Crippen LogP contribution >= 0.6 is 22.9 Å². The van der Waals surface area contributed by atoms with Crippen molar-refractivity contribution in [1.82, 2.24) is 0 Å². The molecule has 100 valence electrons. The van der Waals surface area contributed by atoms with Gasteiger partial charge in [0.05, 0.1) is 17.6 Å². The maximum Gasteiger partial charge on any atom is 0.341 e. The van der Waals surface area contributed by atoms with Crippen LogP contribution in [0.4, 0.5) is 5.00 Å². The smallest absolute Gasteiger partial charge is 0.341 e. The van der Waals surface area contributed by atoms with Crippen molar-refractivity contribution in [2.75, 3.05) is 17.8 Å². The predicted molar refractivity (Wildman–Crippen MR) is 73.4 cm³/mol. The lowest BCUT2D eigenvalue weighted by atomic mass is 9.95. The van der Waals surface area contributed by atoms with Crippen molar-refractivity contribution < 1.29 is 14.3 Å². The zero-order valence-corrected chi connectivity index (χ0v) is 12.2. The molecule has 0 atom stereocenters. The van der Waals surface area contributed by atoms with Gasteiger partial charge >= 0.3 is 5.97 Å². The Bertz CT molecular complexity index is 442. The molecule has 1 N–H and O–H groups in total. The predicted octanol–water partition coefficient (Wildman–Crippen LogP) is 3.13. The average molecular weight is 290 g/mol. The van der Waals surface area contributed by atoms with Gasteiger partial charge in [-0.05, 0) is 32.2 Å². The number of anilines is 1. The van der Waals surface area contributed by atoms with Crippen LogP contribution in [0.25, 0.3) is 0 Å². The highest BCUT2D eigenvalue weighted by Crippen LogP contribution is 2.27. The van der Waals surface area contributed by atoms with Crippen LogP contribution in [0.1, 0.15) is 31.1 Å². The third-order valence-corrected chi connectivity index (χ3v) is 3.83. The van der Waals surface area contributed by atoms with Crippen LogP contribution in [0, 0.1) is 5.41 Å². The minimum Gasteiger partial charge on any atom is -0.462 e. The Balaban J connectivity index is 2.83. The Morgan fingerprint density at radius 2 is 2.17 bits per heavy atom. The van der Waals surface area contributed by atoms with E-state index in [4.69, 9.17) is 16.3 Å². The summed E-state index contributed by atoms with van der Waals surface area (Å²) < 4.78 is 4.91. The second-order valence-corrected chi connectivity index (χ2v) is 5.54. The highest BCUT2D eigenvalue weighted by atomic mass is 35.5. The van der Waals surface area contributed by atoms with Gasteiger partial charge in [-0.2, -0.15) is 0 Å². The van der Waals surface area contributed by atoms with E-state index in [0.29, 0.717) is 17.2 Å². The van der Waals surface area contributed by atoms with Gasteiger partial charge in [-0.15, -0.1) is 22.9 Å². The second-order valence-electron chi connectivity index (χ2n) is 4.36. The van der Waals surface area contributed by atoms with E-state index in [2.05, 4.69) is 5.32 Å². The summed E-state index contributed by atoms with van der Waals surface area (Å²) in [5.74, 6) is -0.442. The summed E-state index contributed by atoms with van der Waals surface area (Å²) in [6, 6.07) is 1.63. The molecule has 18 heavy (non-hydrogen) atoms. The van der Waals surface area contributed by atoms with Gasteiger partial charge < -0.3 is 10.1 Å². The van der Waals surface area contributed by atoms with Crippen molar-refractivity contribution in [1.29, 1.82) is 0 Å². The molecule has 0 saturated heterocycles. The van der Waals surface area contributed by atoms with E-state index in [1.807, 2.05) is 0 Å². The van der Waals surface area contributed by atoms with E-state index in [-0.39, 0.29) is 11.8 Å². The third-order valence-electron chi connectivity index (χ3n) is 2.34. The molecule has 6 heteroatoms. The molecule has 0 aliphatic heterocycles. The number of esters is 1. The van der Waals surface area contributed by atoms with E-state index < -0.39 is 11.4 Å². The van der Waals surface area contributed by atoms with E-state index >= 15 is 0 Å². The highest BCUT2D eigenvalue weighted by molar-refractivity contribution is 7.14. The number of ether oxygens (including phenoxy) is 1. The molecule has 0 aliphatic carbocycles. The molecular weight excluding hydrogens is 274 g/mol. The minimum atomic E-state index is -0.683. The molecule has 4 nitrogen and oxygen atoms in total. The molecule has 0 radical (unpaired) electrons. The number of hydrogen-bond donors (Lipinski definition) is 1. The largest absolute Gasteiger partial charge is 0.462 e. The maximum absolute atomic E-state index is 12.0. The molecule has 0 saturated carbocycles.